The summed E-state index contributed by atoms with van der Waals surface area (Å²) in [4.78, 5) is 8.40. The summed E-state index contributed by atoms with van der Waals surface area (Å²) in [6.45, 7) is 0. The zero-order valence-corrected chi connectivity index (χ0v) is 7.36. The van der Waals surface area contributed by atoms with Crippen LogP contribution in [0.15, 0.2) is 35.5 Å². The quantitative estimate of drug-likeness (QED) is 0.693. The molecule has 4 nitrogen and oxygen atoms in total. The fourth-order valence-corrected chi connectivity index (χ4v) is 1.45. The van der Waals surface area contributed by atoms with E-state index in [0.29, 0.717) is 10.4 Å². The van der Waals surface area contributed by atoms with Crippen molar-refractivity contribution in [1.82, 2.24) is 9.97 Å². The Kier molecular flexibility index (Phi) is 2.03. The average molecular weight is 194 g/mol. The highest BCUT2D eigenvalue weighted by atomic mass is 32.2. The minimum absolute atomic E-state index is 0.341. The predicted octanol–water partition coefficient (Wildman–Crippen LogP) is 1.21. The number of hydrogen-bond acceptors (Lipinski definition) is 3. The van der Waals surface area contributed by atoms with Crippen molar-refractivity contribution in [3.8, 4) is 0 Å². The Balaban J connectivity index is 2.69. The minimum atomic E-state index is -1.95. The van der Waals surface area contributed by atoms with Gasteiger partial charge < -0.3 is 4.55 Å². The van der Waals surface area contributed by atoms with E-state index in [9.17, 15) is 4.21 Å². The molecule has 2 rings (SSSR count). The maximum Gasteiger partial charge on any atom is 0.186 e. The molecule has 1 aromatic heterocycles. The van der Waals surface area contributed by atoms with E-state index in [4.69, 9.17) is 4.55 Å². The Hall–Kier alpha value is -1.33. The first-order valence-corrected chi connectivity index (χ1v) is 4.70. The van der Waals surface area contributed by atoms with E-state index >= 15 is 0 Å². The fourth-order valence-electron chi connectivity index (χ4n) is 1.05. The van der Waals surface area contributed by atoms with Crippen LogP contribution in [0, 0.1) is 0 Å². The molecule has 0 aliphatic heterocycles. The molecule has 1 N–H and O–H groups in total. The summed E-state index contributed by atoms with van der Waals surface area (Å²) in [5.74, 6) is 0. The summed E-state index contributed by atoms with van der Waals surface area (Å²) in [7, 11) is 0. The second-order valence-electron chi connectivity index (χ2n) is 2.46. The van der Waals surface area contributed by atoms with E-state index in [-0.39, 0.29) is 0 Å². The Morgan fingerprint density at radius 2 is 1.85 bits per heavy atom. The third-order valence-electron chi connectivity index (χ3n) is 1.64. The van der Waals surface area contributed by atoms with Crippen LogP contribution in [0.1, 0.15) is 0 Å². The molecule has 0 radical (unpaired) electrons. The molecule has 1 atom stereocenters. The maximum atomic E-state index is 10.7. The van der Waals surface area contributed by atoms with Gasteiger partial charge in [0.05, 0.1) is 15.9 Å². The first kappa shape index (κ1) is 8.28. The Morgan fingerprint density at radius 1 is 1.15 bits per heavy atom. The van der Waals surface area contributed by atoms with Gasteiger partial charge in [0.1, 0.15) is 0 Å². The molecule has 0 spiro atoms. The molecular formula is C8H6N2O2S. The summed E-state index contributed by atoms with van der Waals surface area (Å²) >= 11 is -1.95. The lowest BCUT2D eigenvalue weighted by molar-refractivity contribution is 0.564. The molecule has 5 heteroatoms. The van der Waals surface area contributed by atoms with Crippen LogP contribution < -0.4 is 0 Å². The molecule has 1 unspecified atom stereocenters. The zero-order valence-electron chi connectivity index (χ0n) is 6.54. The molecule has 1 heterocycles. The Bertz CT molecular complexity index is 472. The molecule has 0 aliphatic carbocycles. The largest absolute Gasteiger partial charge is 0.302 e. The lowest BCUT2D eigenvalue weighted by Gasteiger charge is -1.97. The van der Waals surface area contributed by atoms with E-state index in [1.807, 2.05) is 0 Å². The molecule has 0 amide bonds. The number of nitrogens with zero attached hydrogens (tertiary/aromatic N) is 2. The van der Waals surface area contributed by atoms with Crippen molar-refractivity contribution in [3.63, 3.8) is 0 Å². The van der Waals surface area contributed by atoms with Crippen molar-refractivity contribution in [3.05, 3.63) is 30.6 Å². The van der Waals surface area contributed by atoms with Gasteiger partial charge in [-0.25, -0.2) is 4.21 Å². The van der Waals surface area contributed by atoms with Gasteiger partial charge in [-0.3, -0.25) is 9.97 Å². The van der Waals surface area contributed by atoms with Crippen molar-refractivity contribution in [2.24, 2.45) is 0 Å². The van der Waals surface area contributed by atoms with Gasteiger partial charge in [-0.05, 0) is 18.2 Å². The molecule has 2 aromatic rings. The first-order valence-electron chi connectivity index (χ1n) is 3.59. The van der Waals surface area contributed by atoms with Crippen LogP contribution >= 0.6 is 0 Å². The SMILES string of the molecule is O=S(O)c1ccc2nccnc2c1. The second kappa shape index (κ2) is 3.20. The van der Waals surface area contributed by atoms with E-state index in [1.54, 1.807) is 30.6 Å². The summed E-state index contributed by atoms with van der Waals surface area (Å²) in [5, 5.41) is 0. The monoisotopic (exact) mass is 194 g/mol. The van der Waals surface area contributed by atoms with Crippen LogP contribution in [0.3, 0.4) is 0 Å². The summed E-state index contributed by atoms with van der Waals surface area (Å²) in [5.41, 5.74) is 1.35. The number of rotatable bonds is 1. The fraction of sp³-hybridized carbons (Fsp3) is 0. The average Bonchev–Trinajstić information content (AvgIpc) is 2.17. The number of aromatic nitrogens is 2. The van der Waals surface area contributed by atoms with Crippen LogP contribution in [0.25, 0.3) is 11.0 Å². The molecule has 0 aliphatic rings. The lowest BCUT2D eigenvalue weighted by atomic mass is 10.3. The van der Waals surface area contributed by atoms with Gasteiger partial charge in [0.2, 0.25) is 0 Å². The molecular weight excluding hydrogens is 188 g/mol. The van der Waals surface area contributed by atoms with Crippen molar-refractivity contribution < 1.29 is 8.76 Å². The number of fused-ring (bicyclic) bond motifs is 1. The number of hydrogen-bond donors (Lipinski definition) is 1. The number of benzene rings is 1. The maximum absolute atomic E-state index is 10.7. The van der Waals surface area contributed by atoms with Crippen molar-refractivity contribution >= 4 is 22.1 Å². The van der Waals surface area contributed by atoms with Gasteiger partial charge in [0.25, 0.3) is 0 Å². The van der Waals surface area contributed by atoms with Crippen LogP contribution in [-0.2, 0) is 11.1 Å². The molecule has 1 aromatic carbocycles. The second-order valence-corrected chi connectivity index (χ2v) is 3.43. The van der Waals surface area contributed by atoms with E-state index < -0.39 is 11.1 Å². The third kappa shape index (κ3) is 1.56. The molecule has 66 valence electrons. The molecule has 0 saturated heterocycles. The highest BCUT2D eigenvalue weighted by Gasteiger charge is 2.01. The van der Waals surface area contributed by atoms with Crippen LogP contribution in [0.2, 0.25) is 0 Å². The molecule has 0 saturated carbocycles. The Morgan fingerprint density at radius 3 is 2.54 bits per heavy atom. The van der Waals surface area contributed by atoms with Crippen LogP contribution in [0.4, 0.5) is 0 Å². The molecule has 0 bridgehead atoms. The summed E-state index contributed by atoms with van der Waals surface area (Å²) in [6, 6.07) is 4.79. The van der Waals surface area contributed by atoms with Crippen LogP contribution in [-0.4, -0.2) is 18.7 Å². The highest BCUT2D eigenvalue weighted by molar-refractivity contribution is 7.79. The Labute approximate surface area is 76.9 Å². The normalized spacial score (nSPS) is 13.0. The topological polar surface area (TPSA) is 63.1 Å². The zero-order chi connectivity index (χ0) is 9.26. The third-order valence-corrected chi connectivity index (χ3v) is 2.30. The summed E-state index contributed by atoms with van der Waals surface area (Å²) in [6.07, 6.45) is 3.13. The minimum Gasteiger partial charge on any atom is -0.302 e. The van der Waals surface area contributed by atoms with Gasteiger partial charge in [-0.15, -0.1) is 0 Å². The smallest absolute Gasteiger partial charge is 0.186 e. The lowest BCUT2D eigenvalue weighted by Crippen LogP contribution is -1.89. The highest BCUT2D eigenvalue weighted by Crippen LogP contribution is 2.12. The standard InChI is InChI=1S/C8H6N2O2S/c11-13(12)6-1-2-7-8(5-6)10-4-3-9-7/h1-5H,(H,11,12). The van der Waals surface area contributed by atoms with Crippen molar-refractivity contribution in [2.75, 3.05) is 0 Å². The van der Waals surface area contributed by atoms with Crippen molar-refractivity contribution in [2.45, 2.75) is 4.90 Å². The van der Waals surface area contributed by atoms with Gasteiger partial charge in [-0.1, -0.05) is 0 Å². The van der Waals surface area contributed by atoms with Gasteiger partial charge in [-0.2, -0.15) is 0 Å². The first-order chi connectivity index (χ1) is 6.27. The predicted molar refractivity (Wildman–Crippen MR) is 48.6 cm³/mol. The van der Waals surface area contributed by atoms with Crippen LogP contribution in [0.5, 0.6) is 0 Å². The molecule has 13 heavy (non-hydrogen) atoms. The van der Waals surface area contributed by atoms with Crippen molar-refractivity contribution in [1.29, 1.82) is 0 Å². The summed E-state index contributed by atoms with van der Waals surface area (Å²) < 4.78 is 19.5. The molecule has 0 fully saturated rings. The van der Waals surface area contributed by atoms with Gasteiger partial charge in [0.15, 0.2) is 11.1 Å². The van der Waals surface area contributed by atoms with E-state index in [2.05, 4.69) is 9.97 Å². The van der Waals surface area contributed by atoms with Gasteiger partial charge >= 0.3 is 0 Å². The van der Waals surface area contributed by atoms with E-state index in [1.165, 1.54) is 0 Å². The van der Waals surface area contributed by atoms with E-state index in [0.717, 1.165) is 5.52 Å². The van der Waals surface area contributed by atoms with Gasteiger partial charge in [0, 0.05) is 12.4 Å².